The molecule has 2 heterocycles. The molecule has 0 fully saturated rings. The minimum absolute atomic E-state index is 0.0192. The summed E-state index contributed by atoms with van der Waals surface area (Å²) in [5, 5.41) is 10.2. The molecule has 7 nitrogen and oxygen atoms in total. The Bertz CT molecular complexity index is 845. The van der Waals surface area contributed by atoms with Gasteiger partial charge in [-0.15, -0.1) is 16.4 Å². The van der Waals surface area contributed by atoms with Gasteiger partial charge in [-0.25, -0.2) is 0 Å². The number of anilines is 1. The highest BCUT2D eigenvalue weighted by atomic mass is 32.1. The number of carbonyl (C=O) groups excluding carboxylic acids is 1. The second-order valence-corrected chi connectivity index (χ2v) is 6.20. The van der Waals surface area contributed by atoms with E-state index in [1.165, 1.54) is 11.3 Å². The summed E-state index contributed by atoms with van der Waals surface area (Å²) in [7, 11) is 0. The molecule has 2 aromatic heterocycles. The fourth-order valence-electron chi connectivity index (χ4n) is 2.27. The first kappa shape index (κ1) is 17.0. The molecular formula is C17H18N4O3S. The highest BCUT2D eigenvalue weighted by molar-refractivity contribution is 7.17. The van der Waals surface area contributed by atoms with Gasteiger partial charge < -0.3 is 20.2 Å². The predicted molar refractivity (Wildman–Crippen MR) is 95.7 cm³/mol. The molecule has 0 radical (unpaired) electrons. The Morgan fingerprint density at radius 2 is 2.12 bits per heavy atom. The minimum Gasteiger partial charge on any atom is -0.492 e. The first-order valence-electron chi connectivity index (χ1n) is 7.85. The number of rotatable bonds is 7. The predicted octanol–water partition coefficient (Wildman–Crippen LogP) is 2.75. The zero-order chi connectivity index (χ0) is 17.6. The van der Waals surface area contributed by atoms with Crippen molar-refractivity contribution >= 4 is 23.3 Å². The largest absolute Gasteiger partial charge is 0.492 e. The van der Waals surface area contributed by atoms with E-state index in [-0.39, 0.29) is 11.9 Å². The van der Waals surface area contributed by atoms with Crippen LogP contribution in [0.5, 0.6) is 5.75 Å². The molecule has 0 aliphatic heterocycles. The third-order valence-corrected chi connectivity index (χ3v) is 4.53. The van der Waals surface area contributed by atoms with Gasteiger partial charge in [0.2, 0.25) is 5.89 Å². The molecule has 1 aromatic carbocycles. The van der Waals surface area contributed by atoms with Crippen molar-refractivity contribution < 1.29 is 13.9 Å². The fraction of sp³-hybridized carbons (Fsp3) is 0.235. The summed E-state index contributed by atoms with van der Waals surface area (Å²) in [6.45, 7) is 2.75. The van der Waals surface area contributed by atoms with Gasteiger partial charge in [-0.3, -0.25) is 4.79 Å². The number of amides is 1. The van der Waals surface area contributed by atoms with Crippen LogP contribution in [0.2, 0.25) is 0 Å². The van der Waals surface area contributed by atoms with Gasteiger partial charge in [0.05, 0.1) is 6.61 Å². The Kier molecular flexibility index (Phi) is 5.30. The number of hydrogen-bond acceptors (Lipinski definition) is 7. The molecule has 8 heteroatoms. The summed E-state index contributed by atoms with van der Waals surface area (Å²) < 4.78 is 10.7. The summed E-state index contributed by atoms with van der Waals surface area (Å²) in [6, 6.07) is 11.8. The molecule has 0 aliphatic rings. The standard InChI is InChI=1S/C17H18N4O3S/c1-2-23-12-10-13(11-6-4-3-5-7-11)25-15(12)16(22)19-9-8-14-20-21-17(18)24-14/h3-7,10H,2,8-9H2,1H3,(H2,18,21)(H,19,22). The van der Waals surface area contributed by atoms with Gasteiger partial charge >= 0.3 is 6.01 Å². The van der Waals surface area contributed by atoms with Crippen molar-refractivity contribution in [3.63, 3.8) is 0 Å². The van der Waals surface area contributed by atoms with E-state index in [4.69, 9.17) is 14.9 Å². The average molecular weight is 358 g/mol. The van der Waals surface area contributed by atoms with Gasteiger partial charge in [-0.2, -0.15) is 0 Å². The van der Waals surface area contributed by atoms with E-state index in [9.17, 15) is 4.79 Å². The number of nitrogens with one attached hydrogen (secondary N) is 1. The van der Waals surface area contributed by atoms with Gasteiger partial charge in [0.25, 0.3) is 5.91 Å². The molecule has 0 unspecified atom stereocenters. The van der Waals surface area contributed by atoms with Crippen LogP contribution in [-0.2, 0) is 6.42 Å². The lowest BCUT2D eigenvalue weighted by molar-refractivity contribution is 0.0954. The Hall–Kier alpha value is -2.87. The maximum absolute atomic E-state index is 12.5. The Morgan fingerprint density at radius 3 is 2.80 bits per heavy atom. The van der Waals surface area contributed by atoms with Crippen molar-refractivity contribution in [2.75, 3.05) is 18.9 Å². The monoisotopic (exact) mass is 358 g/mol. The molecule has 130 valence electrons. The van der Waals surface area contributed by atoms with Gasteiger partial charge in [-0.1, -0.05) is 35.4 Å². The van der Waals surface area contributed by atoms with Crippen LogP contribution >= 0.6 is 11.3 Å². The van der Waals surface area contributed by atoms with Crippen LogP contribution in [0.25, 0.3) is 10.4 Å². The number of nitrogens with zero attached hydrogens (tertiary/aromatic N) is 2. The summed E-state index contributed by atoms with van der Waals surface area (Å²) >= 11 is 1.40. The molecule has 0 bridgehead atoms. The van der Waals surface area contributed by atoms with E-state index >= 15 is 0 Å². The smallest absolute Gasteiger partial charge is 0.312 e. The zero-order valence-electron chi connectivity index (χ0n) is 13.7. The normalized spacial score (nSPS) is 10.6. The van der Waals surface area contributed by atoms with Gasteiger partial charge in [0.15, 0.2) is 0 Å². The number of carbonyl (C=O) groups is 1. The molecule has 0 saturated heterocycles. The first-order valence-corrected chi connectivity index (χ1v) is 8.67. The third kappa shape index (κ3) is 4.16. The van der Waals surface area contributed by atoms with Crippen LogP contribution < -0.4 is 15.8 Å². The Morgan fingerprint density at radius 1 is 1.32 bits per heavy atom. The van der Waals surface area contributed by atoms with Crippen molar-refractivity contribution in [1.29, 1.82) is 0 Å². The highest BCUT2D eigenvalue weighted by Gasteiger charge is 2.18. The summed E-state index contributed by atoms with van der Waals surface area (Å²) in [6.07, 6.45) is 0.414. The SMILES string of the molecule is CCOc1cc(-c2ccccc2)sc1C(=O)NCCc1nnc(N)o1. The first-order chi connectivity index (χ1) is 12.2. The zero-order valence-corrected chi connectivity index (χ0v) is 14.5. The average Bonchev–Trinajstić information content (AvgIpc) is 3.22. The number of nitrogens with two attached hydrogens (primary N) is 1. The van der Waals surface area contributed by atoms with Crippen molar-refractivity contribution in [2.45, 2.75) is 13.3 Å². The number of hydrogen-bond donors (Lipinski definition) is 2. The molecule has 3 aromatic rings. The maximum atomic E-state index is 12.5. The number of benzene rings is 1. The summed E-state index contributed by atoms with van der Waals surface area (Å²) in [5.41, 5.74) is 6.42. The number of ether oxygens (including phenoxy) is 1. The van der Waals surface area contributed by atoms with Crippen LogP contribution in [0.15, 0.2) is 40.8 Å². The Balaban J connectivity index is 1.71. The lowest BCUT2D eigenvalue weighted by Gasteiger charge is -2.05. The molecule has 3 N–H and O–H groups in total. The van der Waals surface area contributed by atoms with E-state index in [1.807, 2.05) is 43.3 Å². The quantitative estimate of drug-likeness (QED) is 0.673. The molecule has 3 rings (SSSR count). The molecule has 1 amide bonds. The lowest BCUT2D eigenvalue weighted by atomic mass is 10.2. The van der Waals surface area contributed by atoms with Gasteiger partial charge in [-0.05, 0) is 18.6 Å². The van der Waals surface area contributed by atoms with Gasteiger partial charge in [0, 0.05) is 17.8 Å². The topological polar surface area (TPSA) is 103 Å². The fourth-order valence-corrected chi connectivity index (χ4v) is 3.29. The molecule has 0 spiro atoms. The van der Waals surface area contributed by atoms with E-state index in [0.29, 0.717) is 36.1 Å². The summed E-state index contributed by atoms with van der Waals surface area (Å²) in [4.78, 5) is 14.0. The maximum Gasteiger partial charge on any atom is 0.312 e. The van der Waals surface area contributed by atoms with E-state index in [2.05, 4.69) is 15.5 Å². The Labute approximate surface area is 148 Å². The van der Waals surface area contributed by atoms with Crippen LogP contribution in [-0.4, -0.2) is 29.3 Å². The van der Waals surface area contributed by atoms with E-state index in [1.54, 1.807) is 0 Å². The van der Waals surface area contributed by atoms with Crippen LogP contribution in [0.4, 0.5) is 6.01 Å². The van der Waals surface area contributed by atoms with Crippen LogP contribution in [0.1, 0.15) is 22.5 Å². The number of nitrogen functional groups attached to an aromatic ring is 1. The lowest BCUT2D eigenvalue weighted by Crippen LogP contribution is -2.25. The van der Waals surface area contributed by atoms with Crippen molar-refractivity contribution in [3.05, 3.63) is 47.2 Å². The molecular weight excluding hydrogens is 340 g/mol. The molecule has 0 aliphatic carbocycles. The molecule has 0 saturated carbocycles. The van der Waals surface area contributed by atoms with E-state index < -0.39 is 0 Å². The number of aromatic nitrogens is 2. The van der Waals surface area contributed by atoms with Crippen LogP contribution in [0, 0.1) is 0 Å². The van der Waals surface area contributed by atoms with Gasteiger partial charge in [0.1, 0.15) is 10.6 Å². The van der Waals surface area contributed by atoms with Crippen molar-refractivity contribution in [2.24, 2.45) is 0 Å². The van der Waals surface area contributed by atoms with Crippen molar-refractivity contribution in [3.8, 4) is 16.2 Å². The highest BCUT2D eigenvalue weighted by Crippen LogP contribution is 2.36. The third-order valence-electron chi connectivity index (χ3n) is 3.37. The molecule has 25 heavy (non-hydrogen) atoms. The number of thiophene rings is 1. The second-order valence-electron chi connectivity index (χ2n) is 5.14. The van der Waals surface area contributed by atoms with Crippen LogP contribution in [0.3, 0.4) is 0 Å². The molecule has 0 atom stereocenters. The minimum atomic E-state index is -0.192. The van der Waals surface area contributed by atoms with E-state index in [0.717, 1.165) is 10.4 Å². The van der Waals surface area contributed by atoms with Crippen molar-refractivity contribution in [1.82, 2.24) is 15.5 Å². The second kappa shape index (κ2) is 7.80. The summed E-state index contributed by atoms with van der Waals surface area (Å²) in [5.74, 6) is 0.785.